The summed E-state index contributed by atoms with van der Waals surface area (Å²) >= 11 is 1.25. The number of aromatic nitrogens is 1. The van der Waals surface area contributed by atoms with Crippen LogP contribution in [0.2, 0.25) is 0 Å². The molecule has 1 aromatic heterocycles. The van der Waals surface area contributed by atoms with Gasteiger partial charge in [-0.2, -0.15) is 0 Å². The van der Waals surface area contributed by atoms with Crippen LogP contribution in [0, 0.1) is 5.82 Å². The maximum atomic E-state index is 13.9. The van der Waals surface area contributed by atoms with Crippen molar-refractivity contribution < 1.29 is 19.4 Å². The van der Waals surface area contributed by atoms with E-state index in [2.05, 4.69) is 4.98 Å². The van der Waals surface area contributed by atoms with E-state index in [0.717, 1.165) is 15.8 Å². The van der Waals surface area contributed by atoms with Gasteiger partial charge in [-0.15, -0.1) is 11.3 Å². The Morgan fingerprint density at radius 2 is 1.89 bits per heavy atom. The van der Waals surface area contributed by atoms with Crippen molar-refractivity contribution in [1.82, 2.24) is 9.88 Å². The van der Waals surface area contributed by atoms with Gasteiger partial charge in [0.05, 0.1) is 10.2 Å². The normalized spacial score (nSPS) is 16.7. The third-order valence-corrected chi connectivity index (χ3v) is 5.96. The second kappa shape index (κ2) is 7.79. The first-order valence-electron chi connectivity index (χ1n) is 8.99. The summed E-state index contributed by atoms with van der Waals surface area (Å²) < 4.78 is 14.8. The predicted molar refractivity (Wildman–Crippen MR) is 106 cm³/mol. The van der Waals surface area contributed by atoms with E-state index < -0.39 is 18.1 Å². The molecule has 3 aromatic rings. The first-order valence-corrected chi connectivity index (χ1v) is 9.80. The summed E-state index contributed by atoms with van der Waals surface area (Å²) in [5, 5.41) is 21.1. The quantitative estimate of drug-likeness (QED) is 0.708. The Morgan fingerprint density at radius 3 is 2.61 bits per heavy atom. The first-order chi connectivity index (χ1) is 13.5. The highest BCUT2D eigenvalue weighted by Gasteiger charge is 2.32. The van der Waals surface area contributed by atoms with Gasteiger partial charge in [0.25, 0.3) is 5.91 Å². The number of benzene rings is 2. The van der Waals surface area contributed by atoms with Crippen LogP contribution in [0.5, 0.6) is 0 Å². The molecule has 2 N–H and O–H groups in total. The maximum Gasteiger partial charge on any atom is 0.254 e. The molecule has 28 heavy (non-hydrogen) atoms. The zero-order chi connectivity index (χ0) is 19.7. The lowest BCUT2D eigenvalue weighted by atomic mass is 9.98. The first kappa shape index (κ1) is 18.7. The van der Waals surface area contributed by atoms with Gasteiger partial charge in [-0.05, 0) is 30.2 Å². The van der Waals surface area contributed by atoms with Crippen LogP contribution in [0.4, 0.5) is 4.39 Å². The molecule has 0 radical (unpaired) electrons. The van der Waals surface area contributed by atoms with Gasteiger partial charge in [0.1, 0.15) is 16.9 Å². The molecule has 1 amide bonds. The Labute approximate surface area is 165 Å². The van der Waals surface area contributed by atoms with Crippen molar-refractivity contribution in [3.05, 3.63) is 71.0 Å². The van der Waals surface area contributed by atoms with Gasteiger partial charge in [0.2, 0.25) is 0 Å². The monoisotopic (exact) mass is 398 g/mol. The van der Waals surface area contributed by atoms with Crippen molar-refractivity contribution in [2.75, 3.05) is 13.1 Å². The van der Waals surface area contributed by atoms with Crippen LogP contribution < -0.4 is 0 Å². The number of nitrogens with zero attached hydrogens (tertiary/aromatic N) is 2. The molecule has 1 aliphatic heterocycles. The van der Waals surface area contributed by atoms with E-state index in [-0.39, 0.29) is 12.4 Å². The predicted octanol–water partition coefficient (Wildman–Crippen LogP) is 3.15. The van der Waals surface area contributed by atoms with Crippen molar-refractivity contribution >= 4 is 33.0 Å². The summed E-state index contributed by atoms with van der Waals surface area (Å²) in [5.74, 6) is -0.851. The summed E-state index contributed by atoms with van der Waals surface area (Å²) in [5.41, 5.74) is 2.09. The lowest BCUT2D eigenvalue weighted by Crippen LogP contribution is -2.43. The number of fused-ring (bicyclic) bond motifs is 1. The van der Waals surface area contributed by atoms with E-state index in [1.54, 1.807) is 24.3 Å². The Hall–Kier alpha value is -2.61. The third-order valence-electron chi connectivity index (χ3n) is 4.86. The van der Waals surface area contributed by atoms with Gasteiger partial charge in [-0.1, -0.05) is 36.4 Å². The third kappa shape index (κ3) is 3.56. The SMILES string of the molecule is O=C([C@H](O)[C@@H](O)c1nc2ccccc2s1)N1CC=C(c2ccccc2F)CC1. The Balaban J connectivity index is 1.46. The lowest BCUT2D eigenvalue weighted by Gasteiger charge is -2.29. The topological polar surface area (TPSA) is 73.7 Å². The van der Waals surface area contributed by atoms with E-state index in [1.807, 2.05) is 24.3 Å². The average molecular weight is 398 g/mol. The number of thiazole rings is 1. The van der Waals surface area contributed by atoms with Crippen LogP contribution in [0.15, 0.2) is 54.6 Å². The molecule has 0 bridgehead atoms. The molecule has 144 valence electrons. The minimum atomic E-state index is -1.59. The van der Waals surface area contributed by atoms with Crippen molar-refractivity contribution in [2.45, 2.75) is 18.6 Å². The molecular formula is C21H19FN2O3S. The fourth-order valence-corrected chi connectivity index (χ4v) is 4.29. The fourth-order valence-electron chi connectivity index (χ4n) is 3.31. The highest BCUT2D eigenvalue weighted by Crippen LogP contribution is 2.29. The van der Waals surface area contributed by atoms with Crippen molar-refractivity contribution in [1.29, 1.82) is 0 Å². The molecule has 0 saturated heterocycles. The smallest absolute Gasteiger partial charge is 0.254 e. The van der Waals surface area contributed by atoms with Gasteiger partial charge < -0.3 is 15.1 Å². The number of carbonyl (C=O) groups excluding carboxylic acids is 1. The van der Waals surface area contributed by atoms with Crippen molar-refractivity contribution in [3.63, 3.8) is 0 Å². The number of rotatable bonds is 4. The number of amides is 1. The molecular weight excluding hydrogens is 379 g/mol. The number of hydrogen-bond acceptors (Lipinski definition) is 5. The van der Waals surface area contributed by atoms with E-state index in [1.165, 1.54) is 22.3 Å². The molecule has 0 unspecified atom stereocenters. The lowest BCUT2D eigenvalue weighted by molar-refractivity contribution is -0.146. The fraction of sp³-hybridized carbons (Fsp3) is 0.238. The molecule has 2 atom stereocenters. The molecule has 0 aliphatic carbocycles. The highest BCUT2D eigenvalue weighted by atomic mass is 32.1. The highest BCUT2D eigenvalue weighted by molar-refractivity contribution is 7.18. The van der Waals surface area contributed by atoms with E-state index >= 15 is 0 Å². The molecule has 2 aromatic carbocycles. The second-order valence-electron chi connectivity index (χ2n) is 6.65. The number of para-hydroxylation sites is 1. The number of aliphatic hydroxyl groups is 2. The van der Waals surface area contributed by atoms with Crippen LogP contribution in [0.1, 0.15) is 23.1 Å². The molecule has 1 aliphatic rings. The van der Waals surface area contributed by atoms with E-state index in [0.29, 0.717) is 23.5 Å². The van der Waals surface area contributed by atoms with E-state index in [9.17, 15) is 19.4 Å². The summed E-state index contributed by atoms with van der Waals surface area (Å²) in [6.07, 6.45) is -0.710. The second-order valence-corrected chi connectivity index (χ2v) is 7.72. The zero-order valence-electron chi connectivity index (χ0n) is 15.0. The number of aliphatic hydroxyl groups excluding tert-OH is 2. The summed E-state index contributed by atoms with van der Waals surface area (Å²) in [4.78, 5) is 18.4. The standard InChI is InChI=1S/C21H19FN2O3S/c22-15-6-2-1-5-14(15)13-9-11-24(12-10-13)21(27)19(26)18(25)20-23-16-7-3-4-8-17(16)28-20/h1-9,18-19,25-26H,10-12H2/t18-,19-/m1/s1. The van der Waals surface area contributed by atoms with Crippen LogP contribution in [0.3, 0.4) is 0 Å². The van der Waals surface area contributed by atoms with Gasteiger partial charge in [0, 0.05) is 18.7 Å². The molecule has 7 heteroatoms. The molecule has 0 spiro atoms. The van der Waals surface area contributed by atoms with Crippen LogP contribution in [-0.2, 0) is 4.79 Å². The van der Waals surface area contributed by atoms with Gasteiger partial charge >= 0.3 is 0 Å². The number of halogens is 1. The average Bonchev–Trinajstić information content (AvgIpc) is 3.17. The maximum absolute atomic E-state index is 13.9. The molecule has 5 nitrogen and oxygen atoms in total. The minimum absolute atomic E-state index is 0.256. The van der Waals surface area contributed by atoms with E-state index in [4.69, 9.17) is 0 Å². The van der Waals surface area contributed by atoms with Crippen LogP contribution in [-0.4, -0.2) is 45.2 Å². The Kier molecular flexibility index (Phi) is 5.21. The van der Waals surface area contributed by atoms with Crippen molar-refractivity contribution in [2.24, 2.45) is 0 Å². The van der Waals surface area contributed by atoms with Gasteiger partial charge in [-0.3, -0.25) is 4.79 Å². The summed E-state index contributed by atoms with van der Waals surface area (Å²) in [7, 11) is 0. The zero-order valence-corrected chi connectivity index (χ0v) is 15.8. The Morgan fingerprint density at radius 1 is 1.14 bits per heavy atom. The molecule has 2 heterocycles. The van der Waals surface area contributed by atoms with Crippen LogP contribution >= 0.6 is 11.3 Å². The summed E-state index contributed by atoms with van der Waals surface area (Å²) in [6.45, 7) is 0.606. The number of hydrogen-bond donors (Lipinski definition) is 2. The van der Waals surface area contributed by atoms with Gasteiger partial charge in [0.15, 0.2) is 6.10 Å². The molecule has 0 fully saturated rings. The van der Waals surface area contributed by atoms with Gasteiger partial charge in [-0.25, -0.2) is 9.37 Å². The Bertz CT molecular complexity index is 1020. The van der Waals surface area contributed by atoms with Crippen molar-refractivity contribution in [3.8, 4) is 0 Å². The molecule has 4 rings (SSSR count). The minimum Gasteiger partial charge on any atom is -0.383 e. The number of carbonyl (C=O) groups is 1. The van der Waals surface area contributed by atoms with Crippen LogP contribution in [0.25, 0.3) is 15.8 Å². The summed E-state index contributed by atoms with van der Waals surface area (Å²) in [6, 6.07) is 13.9. The largest absolute Gasteiger partial charge is 0.383 e. The molecule has 0 saturated carbocycles.